The number of carbonyl (C=O) groups is 1. The lowest BCUT2D eigenvalue weighted by Gasteiger charge is -2.36. The largest absolute Gasteiger partial charge is 0.353 e. The van der Waals surface area contributed by atoms with Gasteiger partial charge in [-0.25, -0.2) is 19.6 Å². The molecule has 0 atom stereocenters. The molecule has 1 aromatic carbocycles. The van der Waals surface area contributed by atoms with Gasteiger partial charge in [-0.3, -0.25) is 4.79 Å². The van der Waals surface area contributed by atoms with Crippen LogP contribution in [0.15, 0.2) is 43.2 Å². The van der Waals surface area contributed by atoms with Gasteiger partial charge in [0.25, 0.3) is 5.91 Å². The van der Waals surface area contributed by atoms with Crippen LogP contribution in [0.2, 0.25) is 0 Å². The predicted octanol–water partition coefficient (Wildman–Crippen LogP) is 1.64. The molecule has 1 saturated heterocycles. The van der Waals surface area contributed by atoms with Gasteiger partial charge in [-0.2, -0.15) is 5.10 Å². The summed E-state index contributed by atoms with van der Waals surface area (Å²) < 4.78 is 1.62. The molecule has 1 fully saturated rings. The Morgan fingerprint density at radius 2 is 1.78 bits per heavy atom. The molecule has 8 heteroatoms. The van der Waals surface area contributed by atoms with Gasteiger partial charge in [0.2, 0.25) is 0 Å². The summed E-state index contributed by atoms with van der Waals surface area (Å²) >= 11 is 0. The van der Waals surface area contributed by atoms with E-state index in [9.17, 15) is 4.79 Å². The van der Waals surface area contributed by atoms with Crippen LogP contribution in [-0.2, 0) is 0 Å². The van der Waals surface area contributed by atoms with E-state index in [-0.39, 0.29) is 5.91 Å². The number of hydrogen-bond acceptors (Lipinski definition) is 6. The number of carbonyl (C=O) groups excluding carboxylic acids is 1. The number of para-hydroxylation sites is 1. The molecule has 0 aliphatic carbocycles. The molecule has 1 amide bonds. The van der Waals surface area contributed by atoms with Gasteiger partial charge in [0.05, 0.1) is 11.3 Å². The molecule has 2 aromatic heterocycles. The lowest BCUT2D eigenvalue weighted by molar-refractivity contribution is 0.0746. The minimum atomic E-state index is 0.0105. The second-order valence-corrected chi connectivity index (χ2v) is 6.54. The molecule has 0 radical (unpaired) electrons. The summed E-state index contributed by atoms with van der Waals surface area (Å²) in [6.45, 7) is 6.81. The van der Waals surface area contributed by atoms with Crippen LogP contribution < -0.4 is 4.90 Å². The summed E-state index contributed by atoms with van der Waals surface area (Å²) in [5, 5.41) is 4.16. The Balaban J connectivity index is 1.51. The first-order chi connectivity index (χ1) is 13.1. The third-order valence-corrected chi connectivity index (χ3v) is 4.98. The molecule has 0 spiro atoms. The van der Waals surface area contributed by atoms with Crippen molar-refractivity contribution in [2.24, 2.45) is 0 Å². The Bertz CT molecular complexity index is 946. The maximum Gasteiger partial charge on any atom is 0.256 e. The van der Waals surface area contributed by atoms with Crippen molar-refractivity contribution in [3.8, 4) is 5.69 Å². The van der Waals surface area contributed by atoms with E-state index >= 15 is 0 Å². The SMILES string of the molecule is Cc1ncnc(N2CCN(C(=O)c3ccccc3-n3cncn3)CC2)c1C. The highest BCUT2D eigenvalue weighted by Gasteiger charge is 2.25. The fourth-order valence-electron chi connectivity index (χ4n) is 3.32. The van der Waals surface area contributed by atoms with Gasteiger partial charge in [-0.05, 0) is 26.0 Å². The fourth-order valence-corrected chi connectivity index (χ4v) is 3.32. The quantitative estimate of drug-likeness (QED) is 0.704. The van der Waals surface area contributed by atoms with E-state index in [2.05, 4.69) is 25.0 Å². The molecule has 0 unspecified atom stereocenters. The molecule has 3 heterocycles. The zero-order valence-corrected chi connectivity index (χ0v) is 15.4. The second kappa shape index (κ2) is 7.14. The molecule has 4 rings (SSSR count). The lowest BCUT2D eigenvalue weighted by atomic mass is 10.1. The first kappa shape index (κ1) is 17.1. The maximum atomic E-state index is 13.1. The average molecular weight is 363 g/mol. The van der Waals surface area contributed by atoms with Crippen LogP contribution in [0, 0.1) is 13.8 Å². The van der Waals surface area contributed by atoms with Crippen LogP contribution in [0.3, 0.4) is 0 Å². The Morgan fingerprint density at radius 3 is 2.52 bits per heavy atom. The minimum absolute atomic E-state index is 0.0105. The molecule has 3 aromatic rings. The van der Waals surface area contributed by atoms with Crippen molar-refractivity contribution in [1.29, 1.82) is 0 Å². The van der Waals surface area contributed by atoms with E-state index in [0.717, 1.165) is 35.9 Å². The highest BCUT2D eigenvalue weighted by Crippen LogP contribution is 2.21. The van der Waals surface area contributed by atoms with Crippen LogP contribution in [0.4, 0.5) is 5.82 Å². The molecule has 0 N–H and O–H groups in total. The number of nitrogens with zero attached hydrogens (tertiary/aromatic N) is 7. The van der Waals surface area contributed by atoms with Gasteiger partial charge >= 0.3 is 0 Å². The van der Waals surface area contributed by atoms with Crippen LogP contribution in [0.5, 0.6) is 0 Å². The van der Waals surface area contributed by atoms with Gasteiger partial charge in [0.15, 0.2) is 0 Å². The number of benzene rings is 1. The Hall–Kier alpha value is -3.29. The highest BCUT2D eigenvalue weighted by molar-refractivity contribution is 5.97. The molecule has 0 bridgehead atoms. The summed E-state index contributed by atoms with van der Waals surface area (Å²) in [7, 11) is 0. The van der Waals surface area contributed by atoms with Crippen molar-refractivity contribution < 1.29 is 4.79 Å². The minimum Gasteiger partial charge on any atom is -0.353 e. The van der Waals surface area contributed by atoms with E-state index < -0.39 is 0 Å². The summed E-state index contributed by atoms with van der Waals surface area (Å²) in [6, 6.07) is 7.48. The third-order valence-electron chi connectivity index (χ3n) is 4.98. The number of hydrogen-bond donors (Lipinski definition) is 0. The summed E-state index contributed by atoms with van der Waals surface area (Å²) in [6.07, 6.45) is 4.67. The molecule has 1 aliphatic heterocycles. The Morgan fingerprint density at radius 1 is 1.00 bits per heavy atom. The molecular weight excluding hydrogens is 342 g/mol. The number of anilines is 1. The Labute approximate surface area is 157 Å². The first-order valence-corrected chi connectivity index (χ1v) is 8.91. The van der Waals surface area contributed by atoms with Gasteiger partial charge in [0, 0.05) is 37.4 Å². The van der Waals surface area contributed by atoms with Crippen molar-refractivity contribution in [2.45, 2.75) is 13.8 Å². The van der Waals surface area contributed by atoms with E-state index in [1.165, 1.54) is 6.33 Å². The van der Waals surface area contributed by atoms with E-state index in [4.69, 9.17) is 0 Å². The van der Waals surface area contributed by atoms with E-state index in [1.807, 2.05) is 43.0 Å². The first-order valence-electron chi connectivity index (χ1n) is 8.91. The highest BCUT2D eigenvalue weighted by atomic mass is 16.2. The standard InChI is InChI=1S/C19H21N7O/c1-14-15(2)21-12-22-18(14)24-7-9-25(10-8-24)19(27)16-5-3-4-6-17(16)26-13-20-11-23-26/h3-6,11-13H,7-10H2,1-2H3. The fraction of sp³-hybridized carbons (Fsp3) is 0.316. The van der Waals surface area contributed by atoms with Gasteiger partial charge in [-0.15, -0.1) is 0 Å². The summed E-state index contributed by atoms with van der Waals surface area (Å²) in [5.41, 5.74) is 3.45. The molecule has 1 aliphatic rings. The number of amides is 1. The maximum absolute atomic E-state index is 13.1. The molecule has 8 nitrogen and oxygen atoms in total. The van der Waals surface area contributed by atoms with Crippen LogP contribution >= 0.6 is 0 Å². The summed E-state index contributed by atoms with van der Waals surface area (Å²) in [5.74, 6) is 0.967. The van der Waals surface area contributed by atoms with Gasteiger partial charge < -0.3 is 9.80 Å². The van der Waals surface area contributed by atoms with E-state index in [1.54, 1.807) is 17.3 Å². The van der Waals surface area contributed by atoms with Crippen LogP contribution in [0.25, 0.3) is 5.69 Å². The average Bonchev–Trinajstić information content (AvgIpc) is 3.24. The number of piperazine rings is 1. The predicted molar refractivity (Wildman–Crippen MR) is 101 cm³/mol. The number of rotatable bonds is 3. The van der Waals surface area contributed by atoms with Crippen molar-refractivity contribution in [2.75, 3.05) is 31.1 Å². The number of aryl methyl sites for hydroxylation is 1. The van der Waals surface area contributed by atoms with Crippen molar-refractivity contribution in [3.05, 3.63) is 60.1 Å². The normalized spacial score (nSPS) is 14.4. The zero-order valence-electron chi connectivity index (χ0n) is 15.4. The zero-order chi connectivity index (χ0) is 18.8. The molecule has 27 heavy (non-hydrogen) atoms. The van der Waals surface area contributed by atoms with Crippen molar-refractivity contribution >= 4 is 11.7 Å². The van der Waals surface area contributed by atoms with Gasteiger partial charge in [-0.1, -0.05) is 12.1 Å². The molecule has 0 saturated carbocycles. The van der Waals surface area contributed by atoms with Crippen molar-refractivity contribution in [1.82, 2.24) is 29.6 Å². The lowest BCUT2D eigenvalue weighted by Crippen LogP contribution is -2.49. The van der Waals surface area contributed by atoms with Crippen LogP contribution in [0.1, 0.15) is 21.6 Å². The Kier molecular flexibility index (Phi) is 4.53. The van der Waals surface area contributed by atoms with Crippen molar-refractivity contribution in [3.63, 3.8) is 0 Å². The number of aromatic nitrogens is 5. The van der Waals surface area contributed by atoms with Crippen LogP contribution in [-0.4, -0.2) is 61.7 Å². The van der Waals surface area contributed by atoms with Gasteiger partial charge in [0.1, 0.15) is 24.8 Å². The topological polar surface area (TPSA) is 80.0 Å². The molecule has 138 valence electrons. The smallest absolute Gasteiger partial charge is 0.256 e. The third kappa shape index (κ3) is 3.25. The van der Waals surface area contributed by atoms with E-state index in [0.29, 0.717) is 18.7 Å². The monoisotopic (exact) mass is 363 g/mol. The molecular formula is C19H21N7O. The second-order valence-electron chi connectivity index (χ2n) is 6.54. The summed E-state index contributed by atoms with van der Waals surface area (Å²) in [4.78, 5) is 29.8.